The average Bonchev–Trinajstić information content (AvgIpc) is 2.79. The molecule has 0 saturated heterocycles. The molecule has 2 rings (SSSR count). The molecule has 0 bridgehead atoms. The van der Waals surface area contributed by atoms with E-state index in [0.29, 0.717) is 5.92 Å². The van der Waals surface area contributed by atoms with E-state index in [1.54, 1.807) is 17.7 Å². The third kappa shape index (κ3) is 2.93. The first-order valence-electron chi connectivity index (χ1n) is 6.23. The van der Waals surface area contributed by atoms with E-state index in [4.69, 9.17) is 11.6 Å². The summed E-state index contributed by atoms with van der Waals surface area (Å²) in [7, 11) is 0. The number of alkyl halides is 1. The number of anilines is 1. The highest BCUT2D eigenvalue weighted by Gasteiger charge is 2.12. The molecule has 2 aromatic heterocycles. The monoisotopic (exact) mass is 283 g/mol. The summed E-state index contributed by atoms with van der Waals surface area (Å²) in [6.07, 6.45) is 2.64. The van der Waals surface area contributed by atoms with E-state index in [1.807, 2.05) is 0 Å². The summed E-state index contributed by atoms with van der Waals surface area (Å²) in [6.45, 7) is 7.12. The molecule has 0 aliphatic rings. The van der Waals surface area contributed by atoms with Gasteiger partial charge in [0.1, 0.15) is 17.0 Å². The molecule has 18 heavy (non-hydrogen) atoms. The summed E-state index contributed by atoms with van der Waals surface area (Å²) >= 11 is 7.97. The first-order chi connectivity index (χ1) is 8.61. The second-order valence-corrected chi connectivity index (χ2v) is 6.32. The van der Waals surface area contributed by atoms with E-state index in [9.17, 15) is 0 Å². The van der Waals surface area contributed by atoms with Gasteiger partial charge in [-0.2, -0.15) is 0 Å². The van der Waals surface area contributed by atoms with Gasteiger partial charge >= 0.3 is 0 Å². The summed E-state index contributed by atoms with van der Waals surface area (Å²) in [5, 5.41) is 4.54. The highest BCUT2D eigenvalue weighted by Crippen LogP contribution is 2.28. The number of hydrogen-bond acceptors (Lipinski definition) is 4. The number of nitrogens with one attached hydrogen (secondary N) is 1. The van der Waals surface area contributed by atoms with Crippen LogP contribution < -0.4 is 5.32 Å². The van der Waals surface area contributed by atoms with Crippen molar-refractivity contribution in [3.63, 3.8) is 0 Å². The third-order valence-electron chi connectivity index (χ3n) is 2.92. The number of nitrogens with zero attached hydrogens (tertiary/aromatic N) is 2. The first kappa shape index (κ1) is 13.6. The number of halogens is 1. The van der Waals surface area contributed by atoms with Gasteiger partial charge in [-0.3, -0.25) is 0 Å². The molecule has 1 atom stereocenters. The SMILES string of the molecule is CCc1cc2c(NCC(Cl)C(C)C)ncnc2s1. The van der Waals surface area contributed by atoms with Gasteiger partial charge in [0.15, 0.2) is 0 Å². The molecule has 2 aromatic rings. The van der Waals surface area contributed by atoms with Gasteiger partial charge in [-0.15, -0.1) is 22.9 Å². The normalized spacial score (nSPS) is 13.2. The van der Waals surface area contributed by atoms with Gasteiger partial charge in [-0.1, -0.05) is 20.8 Å². The summed E-state index contributed by atoms with van der Waals surface area (Å²) in [4.78, 5) is 11.0. The number of fused-ring (bicyclic) bond motifs is 1. The lowest BCUT2D eigenvalue weighted by molar-refractivity contribution is 0.616. The summed E-state index contributed by atoms with van der Waals surface area (Å²) in [5.41, 5.74) is 0. The van der Waals surface area contributed by atoms with E-state index >= 15 is 0 Å². The molecule has 0 aliphatic heterocycles. The summed E-state index contributed by atoms with van der Waals surface area (Å²) in [6, 6.07) is 2.17. The molecular formula is C13H18ClN3S. The Bertz CT molecular complexity index is 524. The van der Waals surface area contributed by atoms with Crippen LogP contribution in [0.15, 0.2) is 12.4 Å². The second-order valence-electron chi connectivity index (χ2n) is 4.65. The maximum Gasteiger partial charge on any atom is 0.138 e. The predicted molar refractivity (Wildman–Crippen MR) is 79.8 cm³/mol. The van der Waals surface area contributed by atoms with Crippen molar-refractivity contribution in [3.8, 4) is 0 Å². The van der Waals surface area contributed by atoms with Crippen molar-refractivity contribution in [2.45, 2.75) is 32.6 Å². The third-order valence-corrected chi connectivity index (χ3v) is 4.76. The molecular weight excluding hydrogens is 266 g/mol. The van der Waals surface area contributed by atoms with Gasteiger partial charge in [0.05, 0.1) is 10.8 Å². The Kier molecular flexibility index (Phi) is 4.40. The lowest BCUT2D eigenvalue weighted by atomic mass is 10.1. The molecule has 0 spiro atoms. The van der Waals surface area contributed by atoms with Gasteiger partial charge < -0.3 is 5.32 Å². The maximum atomic E-state index is 6.25. The van der Waals surface area contributed by atoms with E-state index in [0.717, 1.165) is 29.0 Å². The van der Waals surface area contributed by atoms with Crippen molar-refractivity contribution >= 4 is 39.0 Å². The molecule has 2 heterocycles. The van der Waals surface area contributed by atoms with Crippen LogP contribution in [0.25, 0.3) is 10.2 Å². The molecule has 0 amide bonds. The van der Waals surface area contributed by atoms with Crippen LogP contribution in [0.3, 0.4) is 0 Å². The minimum absolute atomic E-state index is 0.110. The van der Waals surface area contributed by atoms with Gasteiger partial charge in [0.25, 0.3) is 0 Å². The van der Waals surface area contributed by atoms with Crippen molar-refractivity contribution in [1.82, 2.24) is 9.97 Å². The van der Waals surface area contributed by atoms with E-state index in [-0.39, 0.29) is 5.38 Å². The van der Waals surface area contributed by atoms with Crippen LogP contribution in [0, 0.1) is 5.92 Å². The van der Waals surface area contributed by atoms with Gasteiger partial charge in [-0.05, 0) is 18.4 Å². The minimum Gasteiger partial charge on any atom is -0.368 e. The Morgan fingerprint density at radius 2 is 2.17 bits per heavy atom. The number of thiophene rings is 1. The molecule has 0 aliphatic carbocycles. The Morgan fingerprint density at radius 3 is 2.83 bits per heavy atom. The topological polar surface area (TPSA) is 37.8 Å². The number of rotatable bonds is 5. The zero-order valence-electron chi connectivity index (χ0n) is 10.9. The van der Waals surface area contributed by atoms with Crippen molar-refractivity contribution in [3.05, 3.63) is 17.3 Å². The van der Waals surface area contributed by atoms with Crippen LogP contribution in [-0.2, 0) is 6.42 Å². The molecule has 0 fully saturated rings. The van der Waals surface area contributed by atoms with Gasteiger partial charge in [0.2, 0.25) is 0 Å². The lowest BCUT2D eigenvalue weighted by Crippen LogP contribution is -2.20. The van der Waals surface area contributed by atoms with Crippen LogP contribution in [0.2, 0.25) is 0 Å². The Labute approximate surface area is 117 Å². The predicted octanol–water partition coefficient (Wildman–Crippen LogP) is 3.93. The molecule has 0 saturated carbocycles. The molecule has 0 radical (unpaired) electrons. The van der Waals surface area contributed by atoms with Crippen LogP contribution in [0.5, 0.6) is 0 Å². The molecule has 5 heteroatoms. The van der Waals surface area contributed by atoms with Crippen molar-refractivity contribution in [1.29, 1.82) is 0 Å². The minimum atomic E-state index is 0.110. The number of hydrogen-bond donors (Lipinski definition) is 1. The van der Waals surface area contributed by atoms with E-state index in [1.165, 1.54) is 4.88 Å². The molecule has 1 N–H and O–H groups in total. The highest BCUT2D eigenvalue weighted by atomic mass is 35.5. The zero-order valence-corrected chi connectivity index (χ0v) is 12.5. The molecule has 3 nitrogen and oxygen atoms in total. The van der Waals surface area contributed by atoms with E-state index < -0.39 is 0 Å². The van der Waals surface area contributed by atoms with E-state index in [2.05, 4.69) is 42.1 Å². The van der Waals surface area contributed by atoms with Gasteiger partial charge in [0, 0.05) is 11.4 Å². The molecule has 1 unspecified atom stereocenters. The summed E-state index contributed by atoms with van der Waals surface area (Å²) < 4.78 is 0. The lowest BCUT2D eigenvalue weighted by Gasteiger charge is -2.14. The fraction of sp³-hybridized carbons (Fsp3) is 0.538. The van der Waals surface area contributed by atoms with Gasteiger partial charge in [-0.25, -0.2) is 9.97 Å². The number of aromatic nitrogens is 2. The maximum absolute atomic E-state index is 6.25. The number of aryl methyl sites for hydroxylation is 1. The standard InChI is InChI=1S/C13H18ClN3S/c1-4-9-5-10-12(15-6-11(14)8(2)3)16-7-17-13(10)18-9/h5,7-8,11H,4,6H2,1-3H3,(H,15,16,17). The van der Waals surface area contributed by atoms with Crippen molar-refractivity contribution < 1.29 is 0 Å². The Morgan fingerprint density at radius 1 is 1.39 bits per heavy atom. The average molecular weight is 284 g/mol. The van der Waals surface area contributed by atoms with Crippen molar-refractivity contribution in [2.75, 3.05) is 11.9 Å². The quantitative estimate of drug-likeness (QED) is 0.845. The smallest absolute Gasteiger partial charge is 0.138 e. The van der Waals surface area contributed by atoms with Crippen LogP contribution in [-0.4, -0.2) is 21.9 Å². The summed E-state index contributed by atoms with van der Waals surface area (Å²) in [5.74, 6) is 1.34. The van der Waals surface area contributed by atoms with Crippen LogP contribution in [0.4, 0.5) is 5.82 Å². The molecule has 98 valence electrons. The zero-order chi connectivity index (χ0) is 13.1. The van der Waals surface area contributed by atoms with Crippen molar-refractivity contribution in [2.24, 2.45) is 5.92 Å². The largest absolute Gasteiger partial charge is 0.368 e. The first-order valence-corrected chi connectivity index (χ1v) is 7.48. The Hall–Kier alpha value is -0.870. The Balaban J connectivity index is 2.20. The second kappa shape index (κ2) is 5.85. The fourth-order valence-corrected chi connectivity index (χ4v) is 2.66. The van der Waals surface area contributed by atoms with Crippen LogP contribution in [0.1, 0.15) is 25.6 Å². The van der Waals surface area contributed by atoms with Crippen LogP contribution >= 0.6 is 22.9 Å². The highest BCUT2D eigenvalue weighted by molar-refractivity contribution is 7.18. The fourth-order valence-electron chi connectivity index (χ4n) is 1.65. The molecule has 0 aromatic carbocycles.